The first-order chi connectivity index (χ1) is 43.4. The van der Waals surface area contributed by atoms with E-state index in [4.69, 9.17) is 52.7 Å². The standard InChI is InChI=1S/C69H81N3O16S/c1-4-62(73)82-44-18-8-7-15-41-72(69-71-59-21-13-14-22-61(59)89-69)70-48-53-47-58(87-67(78)51-25-23-49(24-26-51)65(76)85-56-35-31-54(32-36-56)80-42-16-9-11-19-45-83-63(74)5-2)39-40-60(53)88-68(79)52-29-27-50(28-30-52)66(77)86-57-37-33-55(34-38-57)81-43-17-10-12-20-46-84-64(75)6-3/h4-6,13-14,21-22,31-40,47-52H,1-3,7-12,15-20,23-30,41-46H2/b70-48+. The van der Waals surface area contributed by atoms with E-state index in [1.165, 1.54) is 11.3 Å². The Morgan fingerprint density at radius 2 is 0.843 bits per heavy atom. The Morgan fingerprint density at radius 3 is 1.28 bits per heavy atom. The number of esters is 7. The first kappa shape index (κ1) is 67.9. The van der Waals surface area contributed by atoms with E-state index in [9.17, 15) is 33.6 Å². The molecular weight excluding hydrogens is 1160 g/mol. The Bertz CT molecular complexity index is 3130. The van der Waals surface area contributed by atoms with Crippen molar-refractivity contribution in [1.82, 2.24) is 4.98 Å². The van der Waals surface area contributed by atoms with Gasteiger partial charge in [-0.3, -0.25) is 19.2 Å². The molecule has 0 saturated heterocycles. The number of anilines is 1. The number of rotatable bonds is 37. The Balaban J connectivity index is 0.932. The van der Waals surface area contributed by atoms with Gasteiger partial charge < -0.3 is 42.6 Å². The van der Waals surface area contributed by atoms with E-state index in [1.54, 1.807) is 78.0 Å². The highest BCUT2D eigenvalue weighted by Gasteiger charge is 2.34. The van der Waals surface area contributed by atoms with Crippen LogP contribution in [0.4, 0.5) is 5.13 Å². The van der Waals surface area contributed by atoms with Gasteiger partial charge in [0.05, 0.1) is 73.1 Å². The molecule has 19 nitrogen and oxygen atoms in total. The van der Waals surface area contributed by atoms with Crippen molar-refractivity contribution in [2.45, 2.75) is 128 Å². The summed E-state index contributed by atoms with van der Waals surface area (Å²) >= 11 is 1.48. The second-order valence-electron chi connectivity index (χ2n) is 21.8. The summed E-state index contributed by atoms with van der Waals surface area (Å²) in [4.78, 5) is 93.3. The van der Waals surface area contributed by atoms with Gasteiger partial charge in [0, 0.05) is 30.3 Å². The third-order valence-electron chi connectivity index (χ3n) is 15.2. The van der Waals surface area contributed by atoms with E-state index < -0.39 is 53.5 Å². The van der Waals surface area contributed by atoms with Crippen LogP contribution in [0, 0.1) is 23.7 Å². The van der Waals surface area contributed by atoms with Gasteiger partial charge in [-0.15, -0.1) is 0 Å². The number of fused-ring (bicyclic) bond motifs is 1. The fourth-order valence-electron chi connectivity index (χ4n) is 10.1. The molecule has 0 unspecified atom stereocenters. The van der Waals surface area contributed by atoms with Crippen LogP contribution >= 0.6 is 11.3 Å². The predicted octanol–water partition coefficient (Wildman–Crippen LogP) is 13.4. The van der Waals surface area contributed by atoms with Crippen molar-refractivity contribution in [3.05, 3.63) is 135 Å². The number of nitrogens with zero attached hydrogens (tertiary/aromatic N) is 3. The molecule has 2 fully saturated rings. The highest BCUT2D eigenvalue weighted by atomic mass is 32.1. The van der Waals surface area contributed by atoms with E-state index >= 15 is 0 Å². The fraction of sp³-hybridized carbons (Fsp3) is 0.435. The Hall–Kier alpha value is -8.65. The minimum absolute atomic E-state index is 0.199. The van der Waals surface area contributed by atoms with Gasteiger partial charge in [-0.2, -0.15) is 5.10 Å². The van der Waals surface area contributed by atoms with Gasteiger partial charge in [-0.1, -0.05) is 49.6 Å². The molecule has 2 saturated carbocycles. The number of hydrazone groups is 1. The molecule has 0 amide bonds. The van der Waals surface area contributed by atoms with Crippen LogP contribution in [-0.4, -0.2) is 92.6 Å². The Labute approximate surface area is 524 Å². The van der Waals surface area contributed by atoms with E-state index in [2.05, 4.69) is 19.7 Å². The van der Waals surface area contributed by atoms with Crippen LogP contribution in [0.3, 0.4) is 0 Å². The Kier molecular flexibility index (Phi) is 28.4. The summed E-state index contributed by atoms with van der Waals surface area (Å²) in [7, 11) is 0. The molecule has 20 heteroatoms. The molecule has 5 aromatic rings. The summed E-state index contributed by atoms with van der Waals surface area (Å²) in [5.74, 6) is -2.22. The molecule has 0 radical (unpaired) electrons. The van der Waals surface area contributed by atoms with Crippen LogP contribution in [0.5, 0.6) is 34.5 Å². The zero-order valence-electron chi connectivity index (χ0n) is 50.6. The molecule has 2 aliphatic carbocycles. The largest absolute Gasteiger partial charge is 0.494 e. The smallest absolute Gasteiger partial charge is 0.330 e. The van der Waals surface area contributed by atoms with Crippen molar-refractivity contribution in [1.29, 1.82) is 0 Å². The second-order valence-corrected chi connectivity index (χ2v) is 22.8. The molecular formula is C69H81N3O16S. The minimum atomic E-state index is -0.499. The molecule has 7 rings (SSSR count). The van der Waals surface area contributed by atoms with Gasteiger partial charge in [-0.05, 0) is 201 Å². The third-order valence-corrected chi connectivity index (χ3v) is 16.3. The number of aromatic nitrogens is 1. The summed E-state index contributed by atoms with van der Waals surface area (Å²) in [5.41, 5.74) is 1.19. The normalized spacial score (nSPS) is 16.3. The highest BCUT2D eigenvalue weighted by molar-refractivity contribution is 7.22. The molecule has 4 aromatic carbocycles. The lowest BCUT2D eigenvalue weighted by Gasteiger charge is -2.26. The highest BCUT2D eigenvalue weighted by Crippen LogP contribution is 2.36. The van der Waals surface area contributed by atoms with Crippen molar-refractivity contribution in [2.75, 3.05) is 44.6 Å². The summed E-state index contributed by atoms with van der Waals surface area (Å²) in [6.07, 6.45) is 18.3. The average Bonchev–Trinajstić information content (AvgIpc) is 4.22. The number of hydrogen-bond acceptors (Lipinski definition) is 20. The average molecular weight is 1240 g/mol. The maximum atomic E-state index is 14.0. The van der Waals surface area contributed by atoms with Crippen molar-refractivity contribution < 1.29 is 76.2 Å². The fourth-order valence-corrected chi connectivity index (χ4v) is 11.1. The molecule has 0 aliphatic heterocycles. The van der Waals surface area contributed by atoms with Crippen LogP contribution < -0.4 is 33.4 Å². The molecule has 0 N–H and O–H groups in total. The zero-order valence-corrected chi connectivity index (χ0v) is 51.4. The van der Waals surface area contributed by atoms with E-state index in [0.29, 0.717) is 131 Å². The van der Waals surface area contributed by atoms with Crippen molar-refractivity contribution in [3.63, 3.8) is 0 Å². The van der Waals surface area contributed by atoms with Crippen molar-refractivity contribution in [3.8, 4) is 34.5 Å². The van der Waals surface area contributed by atoms with Gasteiger partial charge in [0.15, 0.2) is 0 Å². The van der Waals surface area contributed by atoms with Crippen molar-refractivity contribution in [2.24, 2.45) is 28.8 Å². The molecule has 1 heterocycles. The first-order valence-electron chi connectivity index (χ1n) is 30.9. The van der Waals surface area contributed by atoms with Gasteiger partial charge >= 0.3 is 41.8 Å². The quantitative estimate of drug-likeness (QED) is 0.00684. The molecule has 0 atom stereocenters. The lowest BCUT2D eigenvalue weighted by Crippen LogP contribution is -2.30. The van der Waals surface area contributed by atoms with Gasteiger partial charge in [0.25, 0.3) is 0 Å². The number of para-hydroxylation sites is 1. The number of thiazole rings is 1. The zero-order chi connectivity index (χ0) is 63.0. The van der Waals surface area contributed by atoms with Crippen LogP contribution in [0.15, 0.2) is 134 Å². The molecule has 0 spiro atoms. The number of hydrogen-bond donors (Lipinski definition) is 0. The predicted molar refractivity (Wildman–Crippen MR) is 337 cm³/mol. The summed E-state index contributed by atoms with van der Waals surface area (Å²) < 4.78 is 51.5. The van der Waals surface area contributed by atoms with Crippen molar-refractivity contribution >= 4 is 74.7 Å². The lowest BCUT2D eigenvalue weighted by atomic mass is 9.82. The monoisotopic (exact) mass is 1240 g/mol. The summed E-state index contributed by atoms with van der Waals surface area (Å²) in [6, 6.07) is 26.4. The Morgan fingerprint density at radius 1 is 0.461 bits per heavy atom. The SMILES string of the molecule is C=CC(=O)OCCCCCCOc1ccc(OC(=O)C2CCC(C(=O)Oc3ccc(OC(=O)C4CCC(C(=O)Oc5ccc(OCCCCCCOC(=O)C=C)cc5)CC4)c(/C=N/N(CCCCCCOC(=O)C=C)c4nc5ccccc5s4)c3)CC2)cc1. The maximum absolute atomic E-state index is 14.0. The number of ether oxygens (including phenoxy) is 9. The van der Waals surface area contributed by atoms with E-state index in [-0.39, 0.29) is 23.4 Å². The maximum Gasteiger partial charge on any atom is 0.330 e. The van der Waals surface area contributed by atoms with Gasteiger partial charge in [0.2, 0.25) is 5.13 Å². The second kappa shape index (κ2) is 37.3. The molecule has 0 bridgehead atoms. The van der Waals surface area contributed by atoms with Gasteiger partial charge in [0.1, 0.15) is 34.5 Å². The lowest BCUT2D eigenvalue weighted by molar-refractivity contribution is -0.145. The molecule has 474 valence electrons. The molecule has 1 aromatic heterocycles. The van der Waals surface area contributed by atoms with Crippen LogP contribution in [-0.2, 0) is 47.8 Å². The third kappa shape index (κ3) is 23.4. The van der Waals surface area contributed by atoms with Crippen LogP contribution in [0.1, 0.15) is 134 Å². The number of unbranched alkanes of at least 4 members (excludes halogenated alkanes) is 9. The minimum Gasteiger partial charge on any atom is -0.494 e. The summed E-state index contributed by atoms with van der Waals surface area (Å²) in [6.45, 7) is 12.8. The summed E-state index contributed by atoms with van der Waals surface area (Å²) in [5, 5.41) is 7.37. The topological polar surface area (TPSA) is 231 Å². The molecule has 89 heavy (non-hydrogen) atoms. The van der Waals surface area contributed by atoms with Crippen LogP contribution in [0.25, 0.3) is 10.2 Å². The van der Waals surface area contributed by atoms with Gasteiger partial charge in [-0.25, -0.2) is 24.4 Å². The first-order valence-corrected chi connectivity index (χ1v) is 31.7. The number of benzene rings is 4. The van der Waals surface area contributed by atoms with E-state index in [0.717, 1.165) is 99.1 Å². The van der Waals surface area contributed by atoms with E-state index in [1.807, 2.05) is 24.3 Å². The number of carbonyl (C=O) groups excluding carboxylic acids is 7. The number of carbonyl (C=O) groups is 7. The molecule has 2 aliphatic rings. The van der Waals surface area contributed by atoms with Crippen LogP contribution in [0.2, 0.25) is 0 Å².